The first-order valence-electron chi connectivity index (χ1n) is 8.67. The summed E-state index contributed by atoms with van der Waals surface area (Å²) in [5.41, 5.74) is 3.30. The summed E-state index contributed by atoms with van der Waals surface area (Å²) in [5, 5.41) is 9.12. The van der Waals surface area contributed by atoms with Crippen molar-refractivity contribution in [1.82, 2.24) is 19.8 Å². The molecule has 1 spiro atoms. The number of aromatic nitrogens is 2. The molecule has 128 valence electrons. The van der Waals surface area contributed by atoms with Crippen LogP contribution in [-0.4, -0.2) is 51.9 Å². The topological polar surface area (TPSA) is 76.0 Å². The zero-order valence-corrected chi connectivity index (χ0v) is 14.1. The van der Waals surface area contributed by atoms with Gasteiger partial charge in [-0.2, -0.15) is 5.26 Å². The van der Waals surface area contributed by atoms with Gasteiger partial charge in [0.1, 0.15) is 5.69 Å². The van der Waals surface area contributed by atoms with Gasteiger partial charge >= 0.3 is 0 Å². The number of hydrogen-bond acceptors (Lipinski definition) is 4. The van der Waals surface area contributed by atoms with Gasteiger partial charge < -0.3 is 9.88 Å². The van der Waals surface area contributed by atoms with E-state index in [1.165, 1.54) is 17.5 Å². The van der Waals surface area contributed by atoms with E-state index in [4.69, 9.17) is 5.26 Å². The van der Waals surface area contributed by atoms with Gasteiger partial charge in [-0.25, -0.2) is 4.98 Å². The standard InChI is InChI=1S/C19H21N5O/c20-7-10-23-12-15-3-1-2-4-16(15)19(13-23)5-8-24(9-6-19)18(25)17-11-21-14-22-17/h1-4,11,14H,5-6,8-10,12-13H2,(H,21,22). The largest absolute Gasteiger partial charge is 0.341 e. The van der Waals surface area contributed by atoms with Crippen LogP contribution < -0.4 is 0 Å². The highest BCUT2D eigenvalue weighted by Crippen LogP contribution is 2.41. The summed E-state index contributed by atoms with van der Waals surface area (Å²) < 4.78 is 0. The molecule has 0 bridgehead atoms. The second-order valence-electron chi connectivity index (χ2n) is 7.00. The van der Waals surface area contributed by atoms with E-state index in [0.29, 0.717) is 12.2 Å². The van der Waals surface area contributed by atoms with Crippen molar-refractivity contribution < 1.29 is 4.79 Å². The maximum absolute atomic E-state index is 12.5. The summed E-state index contributed by atoms with van der Waals surface area (Å²) in [5.74, 6) is 0.0188. The maximum atomic E-state index is 12.5. The van der Waals surface area contributed by atoms with Crippen LogP contribution in [0, 0.1) is 11.3 Å². The molecule has 2 aliphatic rings. The number of H-pyrrole nitrogens is 1. The third kappa shape index (κ3) is 2.81. The molecule has 1 aromatic carbocycles. The molecule has 0 atom stereocenters. The minimum atomic E-state index is 0.0188. The van der Waals surface area contributed by atoms with Crippen molar-refractivity contribution in [3.8, 4) is 6.07 Å². The van der Waals surface area contributed by atoms with Crippen molar-refractivity contribution in [2.45, 2.75) is 24.8 Å². The molecule has 0 unspecified atom stereocenters. The van der Waals surface area contributed by atoms with Crippen molar-refractivity contribution in [1.29, 1.82) is 5.26 Å². The number of imidazole rings is 1. The summed E-state index contributed by atoms with van der Waals surface area (Å²) in [7, 11) is 0. The molecule has 6 heteroatoms. The number of rotatable bonds is 2. The molecule has 3 heterocycles. The van der Waals surface area contributed by atoms with Crippen LogP contribution in [0.5, 0.6) is 0 Å². The van der Waals surface area contributed by atoms with Gasteiger partial charge in [0.2, 0.25) is 0 Å². The summed E-state index contributed by atoms with van der Waals surface area (Å²) in [6.45, 7) is 3.64. The second-order valence-corrected chi connectivity index (χ2v) is 7.00. The van der Waals surface area contributed by atoms with Gasteiger partial charge in [0.05, 0.1) is 25.1 Å². The van der Waals surface area contributed by atoms with Gasteiger partial charge in [0.15, 0.2) is 0 Å². The molecule has 2 aromatic rings. The van der Waals surface area contributed by atoms with E-state index < -0.39 is 0 Å². The highest BCUT2D eigenvalue weighted by molar-refractivity contribution is 5.92. The van der Waals surface area contributed by atoms with Gasteiger partial charge in [0.25, 0.3) is 5.91 Å². The Morgan fingerprint density at radius 3 is 2.84 bits per heavy atom. The lowest BCUT2D eigenvalue weighted by Gasteiger charge is -2.48. The summed E-state index contributed by atoms with van der Waals surface area (Å²) in [4.78, 5) is 23.5. The smallest absolute Gasteiger partial charge is 0.271 e. The molecule has 1 aromatic heterocycles. The summed E-state index contributed by atoms with van der Waals surface area (Å²) in [6, 6.07) is 10.9. The number of benzene rings is 1. The average molecular weight is 335 g/mol. The molecule has 0 radical (unpaired) electrons. The van der Waals surface area contributed by atoms with E-state index >= 15 is 0 Å². The lowest BCUT2D eigenvalue weighted by molar-refractivity contribution is 0.0600. The van der Waals surface area contributed by atoms with Crippen molar-refractivity contribution >= 4 is 5.91 Å². The van der Waals surface area contributed by atoms with E-state index in [0.717, 1.165) is 39.0 Å². The van der Waals surface area contributed by atoms with Crippen LogP contribution in [0.15, 0.2) is 36.8 Å². The Morgan fingerprint density at radius 1 is 1.32 bits per heavy atom. The monoisotopic (exact) mass is 335 g/mol. The minimum absolute atomic E-state index is 0.0188. The number of nitriles is 1. The van der Waals surface area contributed by atoms with E-state index in [1.807, 2.05) is 4.90 Å². The number of hydrogen-bond donors (Lipinski definition) is 1. The van der Waals surface area contributed by atoms with Crippen molar-refractivity contribution in [2.75, 3.05) is 26.2 Å². The summed E-state index contributed by atoms with van der Waals surface area (Å²) >= 11 is 0. The predicted molar refractivity (Wildman–Crippen MR) is 92.7 cm³/mol. The first-order valence-corrected chi connectivity index (χ1v) is 8.67. The van der Waals surface area contributed by atoms with Crippen molar-refractivity contribution in [3.63, 3.8) is 0 Å². The number of fused-ring (bicyclic) bond motifs is 2. The maximum Gasteiger partial charge on any atom is 0.271 e. The Morgan fingerprint density at radius 2 is 2.12 bits per heavy atom. The summed E-state index contributed by atoms with van der Waals surface area (Å²) in [6.07, 6.45) is 4.96. The third-order valence-corrected chi connectivity index (χ3v) is 5.54. The van der Waals surface area contributed by atoms with Gasteiger partial charge in [0, 0.05) is 31.6 Å². The van der Waals surface area contributed by atoms with Gasteiger partial charge in [-0.3, -0.25) is 9.69 Å². The number of nitrogens with one attached hydrogen (secondary N) is 1. The highest BCUT2D eigenvalue weighted by Gasteiger charge is 2.42. The van der Waals surface area contributed by atoms with E-state index in [2.05, 4.69) is 45.2 Å². The molecule has 2 aliphatic heterocycles. The number of nitrogens with zero attached hydrogens (tertiary/aromatic N) is 4. The first kappa shape index (κ1) is 15.9. The molecule has 4 rings (SSSR count). The Labute approximate surface area is 147 Å². The number of carbonyl (C=O) groups is 1. The lowest BCUT2D eigenvalue weighted by Crippen LogP contribution is -2.53. The fourth-order valence-electron chi connectivity index (χ4n) is 4.31. The van der Waals surface area contributed by atoms with Crippen LogP contribution in [0.4, 0.5) is 0 Å². The number of likely N-dealkylation sites (tertiary alicyclic amines) is 1. The van der Waals surface area contributed by atoms with Crippen molar-refractivity contribution in [2.24, 2.45) is 0 Å². The molecular formula is C19H21N5O. The third-order valence-electron chi connectivity index (χ3n) is 5.54. The fourth-order valence-corrected chi connectivity index (χ4v) is 4.31. The van der Waals surface area contributed by atoms with Crippen LogP contribution >= 0.6 is 0 Å². The number of aromatic amines is 1. The SMILES string of the molecule is N#CCN1Cc2ccccc2C2(CCN(C(=O)c3cnc[nH]3)CC2)C1. The molecule has 0 saturated carbocycles. The van der Waals surface area contributed by atoms with E-state index in [-0.39, 0.29) is 11.3 Å². The zero-order valence-electron chi connectivity index (χ0n) is 14.1. The zero-order chi connectivity index (χ0) is 17.3. The van der Waals surface area contributed by atoms with Crippen LogP contribution in [0.3, 0.4) is 0 Å². The molecule has 25 heavy (non-hydrogen) atoms. The highest BCUT2D eigenvalue weighted by atomic mass is 16.2. The normalized spacial score (nSPS) is 19.4. The van der Waals surface area contributed by atoms with Gasteiger partial charge in [-0.1, -0.05) is 24.3 Å². The average Bonchev–Trinajstić information content (AvgIpc) is 3.17. The molecule has 1 fully saturated rings. The number of piperidine rings is 1. The van der Waals surface area contributed by atoms with Crippen LogP contribution in [0.1, 0.15) is 34.5 Å². The number of carbonyl (C=O) groups excluding carboxylic acids is 1. The molecule has 1 amide bonds. The van der Waals surface area contributed by atoms with Crippen LogP contribution in [-0.2, 0) is 12.0 Å². The minimum Gasteiger partial charge on any atom is -0.341 e. The van der Waals surface area contributed by atoms with E-state index in [1.54, 1.807) is 6.20 Å². The van der Waals surface area contributed by atoms with Gasteiger partial charge in [-0.05, 0) is 24.0 Å². The molecule has 1 saturated heterocycles. The predicted octanol–water partition coefficient (Wildman–Crippen LogP) is 1.92. The molecule has 1 N–H and O–H groups in total. The fraction of sp³-hybridized carbons (Fsp3) is 0.421. The molecule has 6 nitrogen and oxygen atoms in total. The van der Waals surface area contributed by atoms with Crippen molar-refractivity contribution in [3.05, 3.63) is 53.6 Å². The Bertz CT molecular complexity index is 799. The Hall–Kier alpha value is -2.65. The Balaban J connectivity index is 1.56. The van der Waals surface area contributed by atoms with Crippen LogP contribution in [0.2, 0.25) is 0 Å². The quantitative estimate of drug-likeness (QED) is 0.851. The van der Waals surface area contributed by atoms with E-state index in [9.17, 15) is 4.79 Å². The number of amides is 1. The second kappa shape index (κ2) is 6.34. The Kier molecular flexibility index (Phi) is 4.02. The molecule has 0 aliphatic carbocycles. The van der Waals surface area contributed by atoms with Crippen LogP contribution in [0.25, 0.3) is 0 Å². The molecular weight excluding hydrogens is 314 g/mol. The first-order chi connectivity index (χ1) is 12.2. The van der Waals surface area contributed by atoms with Gasteiger partial charge in [-0.15, -0.1) is 0 Å². The lowest BCUT2D eigenvalue weighted by atomic mass is 9.69.